The van der Waals surface area contributed by atoms with E-state index in [4.69, 9.17) is 30.5 Å². The molecule has 2 aromatic heterocycles. The molecule has 1 aliphatic carbocycles. The summed E-state index contributed by atoms with van der Waals surface area (Å²) in [5, 5.41) is 4.41. The van der Waals surface area contributed by atoms with Crippen LogP contribution in [0.3, 0.4) is 0 Å². The number of nitrogens with zero attached hydrogens (tertiary/aromatic N) is 1. The van der Waals surface area contributed by atoms with Gasteiger partial charge in [0.1, 0.15) is 17.4 Å². The van der Waals surface area contributed by atoms with Crippen LogP contribution < -0.4 is 14.8 Å². The van der Waals surface area contributed by atoms with Crippen molar-refractivity contribution in [2.24, 2.45) is 4.99 Å². The monoisotopic (exact) mass is 534 g/mol. The van der Waals surface area contributed by atoms with Crippen molar-refractivity contribution in [3.05, 3.63) is 98.8 Å². The smallest absolute Gasteiger partial charge is 0.255 e. The first-order valence-corrected chi connectivity index (χ1v) is 13.3. The second-order valence-electron chi connectivity index (χ2n) is 8.74. The Morgan fingerprint density at radius 3 is 2.76 bits per heavy atom. The zero-order valence-electron chi connectivity index (χ0n) is 20.5. The highest BCUT2D eigenvalue weighted by atomic mass is 35.5. The van der Waals surface area contributed by atoms with Crippen molar-refractivity contribution in [1.82, 2.24) is 5.32 Å². The lowest BCUT2D eigenvalue weighted by Crippen LogP contribution is -2.23. The van der Waals surface area contributed by atoms with Crippen LogP contribution in [0.5, 0.6) is 11.5 Å². The molecule has 0 unspecified atom stereocenters. The molecule has 2 aromatic carbocycles. The number of thiophene rings is 1. The molecule has 37 heavy (non-hydrogen) atoms. The van der Waals surface area contributed by atoms with Crippen molar-refractivity contribution >= 4 is 40.1 Å². The van der Waals surface area contributed by atoms with Crippen LogP contribution in [0.15, 0.2) is 70.3 Å². The van der Waals surface area contributed by atoms with Crippen LogP contribution in [0.4, 0.5) is 5.00 Å². The van der Waals surface area contributed by atoms with E-state index in [0.29, 0.717) is 41.0 Å². The zero-order valence-corrected chi connectivity index (χ0v) is 22.0. The third-order valence-electron chi connectivity index (χ3n) is 6.21. The van der Waals surface area contributed by atoms with E-state index in [0.717, 1.165) is 47.4 Å². The number of nitrogens with one attached hydrogen (secondary N) is 1. The molecular weight excluding hydrogens is 508 g/mol. The Hall–Kier alpha value is -3.55. The van der Waals surface area contributed by atoms with Crippen molar-refractivity contribution in [1.29, 1.82) is 0 Å². The maximum atomic E-state index is 13.2. The molecule has 190 valence electrons. The van der Waals surface area contributed by atoms with Crippen LogP contribution in [0.25, 0.3) is 0 Å². The van der Waals surface area contributed by atoms with Gasteiger partial charge in [0.05, 0.1) is 25.5 Å². The van der Waals surface area contributed by atoms with Gasteiger partial charge in [0.2, 0.25) is 0 Å². The van der Waals surface area contributed by atoms with E-state index in [1.807, 2.05) is 54.6 Å². The van der Waals surface area contributed by atoms with Crippen molar-refractivity contribution in [3.63, 3.8) is 0 Å². The largest absolute Gasteiger partial charge is 0.493 e. The molecule has 6 nitrogen and oxygen atoms in total. The van der Waals surface area contributed by atoms with Crippen molar-refractivity contribution in [2.45, 2.75) is 38.8 Å². The first-order valence-electron chi connectivity index (χ1n) is 12.1. The van der Waals surface area contributed by atoms with E-state index in [1.54, 1.807) is 30.9 Å². The van der Waals surface area contributed by atoms with Gasteiger partial charge in [0, 0.05) is 16.1 Å². The zero-order chi connectivity index (χ0) is 25.6. The summed E-state index contributed by atoms with van der Waals surface area (Å²) in [5.74, 6) is 1.85. The normalized spacial score (nSPS) is 12.9. The number of hydrogen-bond acceptors (Lipinski definition) is 6. The molecule has 0 bridgehead atoms. The predicted octanol–water partition coefficient (Wildman–Crippen LogP) is 7.14. The van der Waals surface area contributed by atoms with Gasteiger partial charge < -0.3 is 19.2 Å². The second-order valence-corrected chi connectivity index (χ2v) is 10.3. The average molecular weight is 535 g/mol. The highest BCUT2D eigenvalue weighted by molar-refractivity contribution is 7.16. The van der Waals surface area contributed by atoms with Gasteiger partial charge in [-0.25, -0.2) is 4.99 Å². The standard InChI is InChI=1S/C29H27ClN2O4S/c1-34-25-15-20(10-13-24(25)36-18-19-8-11-21(30)12-9-19)16-32-29-27(23-6-2-3-7-26(23)37-29)28(33)31-17-22-5-4-14-35-22/h4-5,8-16H,2-3,6-7,17-18H2,1H3,(H,31,33)/b32-16-. The number of aliphatic imine (C=N–C) groups is 1. The van der Waals surface area contributed by atoms with Crippen LogP contribution in [0.1, 0.15) is 50.5 Å². The summed E-state index contributed by atoms with van der Waals surface area (Å²) in [6.45, 7) is 0.743. The fraction of sp³-hybridized carbons (Fsp3) is 0.241. The van der Waals surface area contributed by atoms with Crippen LogP contribution in [0.2, 0.25) is 5.02 Å². The van der Waals surface area contributed by atoms with Crippen LogP contribution >= 0.6 is 22.9 Å². The van der Waals surface area contributed by atoms with Crippen molar-refractivity contribution < 1.29 is 18.7 Å². The van der Waals surface area contributed by atoms with Gasteiger partial charge in [-0.3, -0.25) is 4.79 Å². The molecule has 5 rings (SSSR count). The van der Waals surface area contributed by atoms with Gasteiger partial charge in [-0.15, -0.1) is 11.3 Å². The number of fused-ring (bicyclic) bond motifs is 1. The van der Waals surface area contributed by atoms with Gasteiger partial charge in [-0.2, -0.15) is 0 Å². The van der Waals surface area contributed by atoms with E-state index >= 15 is 0 Å². The minimum absolute atomic E-state index is 0.119. The summed E-state index contributed by atoms with van der Waals surface area (Å²) in [7, 11) is 1.61. The number of rotatable bonds is 9. The van der Waals surface area contributed by atoms with Gasteiger partial charge >= 0.3 is 0 Å². The Morgan fingerprint density at radius 1 is 1.14 bits per heavy atom. The summed E-state index contributed by atoms with van der Waals surface area (Å²) in [6, 6.07) is 16.9. The number of methoxy groups -OCH3 is 1. The first kappa shape index (κ1) is 25.1. The molecule has 4 aromatic rings. The van der Waals surface area contributed by atoms with Gasteiger partial charge in [-0.05, 0) is 84.8 Å². The average Bonchev–Trinajstić information content (AvgIpc) is 3.58. The molecule has 1 aliphatic rings. The van der Waals surface area contributed by atoms with Crippen molar-refractivity contribution in [3.8, 4) is 11.5 Å². The number of ether oxygens (including phenoxy) is 2. The topological polar surface area (TPSA) is 73.1 Å². The lowest BCUT2D eigenvalue weighted by Gasteiger charge is -2.12. The van der Waals surface area contributed by atoms with E-state index in [1.165, 1.54) is 4.88 Å². The van der Waals surface area contributed by atoms with Crippen LogP contribution in [-0.2, 0) is 26.0 Å². The molecule has 0 saturated carbocycles. The number of carbonyl (C=O) groups is 1. The molecule has 0 spiro atoms. The Morgan fingerprint density at radius 2 is 1.97 bits per heavy atom. The number of hydrogen-bond donors (Lipinski definition) is 1. The molecular formula is C29H27ClN2O4S. The number of halogens is 1. The first-order chi connectivity index (χ1) is 18.1. The molecule has 0 atom stereocenters. The summed E-state index contributed by atoms with van der Waals surface area (Å²) >= 11 is 7.57. The van der Waals surface area contributed by atoms with E-state index < -0.39 is 0 Å². The Bertz CT molecular complexity index is 1390. The highest BCUT2D eigenvalue weighted by Crippen LogP contribution is 2.40. The number of benzene rings is 2. The summed E-state index contributed by atoms with van der Waals surface area (Å²) in [4.78, 5) is 19.2. The van der Waals surface area contributed by atoms with E-state index in [9.17, 15) is 4.79 Å². The number of aryl methyl sites for hydroxylation is 1. The van der Waals surface area contributed by atoms with Crippen LogP contribution in [0, 0.1) is 0 Å². The fourth-order valence-corrected chi connectivity index (χ4v) is 5.66. The summed E-state index contributed by atoms with van der Waals surface area (Å²) in [6.07, 6.45) is 7.48. The quantitative estimate of drug-likeness (QED) is 0.232. The third-order valence-corrected chi connectivity index (χ3v) is 7.66. The highest BCUT2D eigenvalue weighted by Gasteiger charge is 2.25. The summed E-state index contributed by atoms with van der Waals surface area (Å²) in [5.41, 5.74) is 3.67. The van der Waals surface area contributed by atoms with Crippen LogP contribution in [-0.4, -0.2) is 19.2 Å². The molecule has 1 amide bonds. The minimum atomic E-state index is -0.119. The number of amides is 1. The maximum Gasteiger partial charge on any atom is 0.255 e. The minimum Gasteiger partial charge on any atom is -0.493 e. The van der Waals surface area contributed by atoms with Gasteiger partial charge in [0.25, 0.3) is 5.91 Å². The maximum absolute atomic E-state index is 13.2. The summed E-state index contributed by atoms with van der Waals surface area (Å²) < 4.78 is 16.9. The van der Waals surface area contributed by atoms with E-state index in [-0.39, 0.29) is 5.91 Å². The number of carbonyl (C=O) groups excluding carboxylic acids is 1. The Balaban J connectivity index is 1.34. The predicted molar refractivity (Wildman–Crippen MR) is 147 cm³/mol. The Kier molecular flexibility index (Phi) is 7.92. The number of furan rings is 1. The SMILES string of the molecule is COc1cc(/C=N\c2sc3c(c2C(=O)NCc2ccco2)CCCC3)ccc1OCc1ccc(Cl)cc1. The van der Waals surface area contributed by atoms with E-state index in [2.05, 4.69) is 5.32 Å². The Labute approximate surface area is 224 Å². The molecule has 0 aliphatic heterocycles. The fourth-order valence-electron chi connectivity index (χ4n) is 4.30. The second kappa shape index (κ2) is 11.7. The lowest BCUT2D eigenvalue weighted by atomic mass is 9.95. The molecule has 2 heterocycles. The molecule has 1 N–H and O–H groups in total. The molecule has 0 saturated heterocycles. The van der Waals surface area contributed by atoms with Gasteiger partial charge in [-0.1, -0.05) is 23.7 Å². The molecule has 8 heteroatoms. The van der Waals surface area contributed by atoms with Crippen molar-refractivity contribution in [2.75, 3.05) is 7.11 Å². The third kappa shape index (κ3) is 6.06. The molecule has 0 fully saturated rings. The lowest BCUT2D eigenvalue weighted by molar-refractivity contribution is 0.0948. The molecule has 0 radical (unpaired) electrons. The van der Waals surface area contributed by atoms with Gasteiger partial charge in [0.15, 0.2) is 11.5 Å².